The lowest BCUT2D eigenvalue weighted by molar-refractivity contribution is -0.121. The van der Waals surface area contributed by atoms with Gasteiger partial charge >= 0.3 is 0 Å². The van der Waals surface area contributed by atoms with E-state index < -0.39 is 6.04 Å². The maximum absolute atomic E-state index is 14.2. The SMILES string of the molecule is COc1ccc2[nH]cc(CCNC(=O)Cc3c(-c4ccccc4)oc4c(=O)cc5c(cc34)-c3c(cc(OC)c(OC)c3OC)CCC5NC(C)=O)c2c1. The summed E-state index contributed by atoms with van der Waals surface area (Å²) in [6.45, 7) is 1.84. The van der Waals surface area contributed by atoms with Crippen LogP contribution in [0.15, 0.2) is 82.1 Å². The highest BCUT2D eigenvalue weighted by atomic mass is 16.5. The smallest absolute Gasteiger partial charge is 0.224 e. The van der Waals surface area contributed by atoms with Gasteiger partial charge in [0.2, 0.25) is 23.0 Å². The summed E-state index contributed by atoms with van der Waals surface area (Å²) in [6, 6.07) is 20.1. The summed E-state index contributed by atoms with van der Waals surface area (Å²) in [5.41, 5.74) is 5.92. The van der Waals surface area contributed by atoms with Crippen LogP contribution >= 0.6 is 0 Å². The predicted molar refractivity (Wildman–Crippen MR) is 203 cm³/mol. The van der Waals surface area contributed by atoms with Crippen molar-refractivity contribution in [2.24, 2.45) is 0 Å². The van der Waals surface area contributed by atoms with Crippen molar-refractivity contribution < 1.29 is 33.0 Å². The van der Waals surface area contributed by atoms with Crippen molar-refractivity contribution in [3.63, 3.8) is 0 Å². The molecule has 2 aromatic heterocycles. The van der Waals surface area contributed by atoms with Crippen LogP contribution in [0, 0.1) is 0 Å². The van der Waals surface area contributed by atoms with Crippen molar-refractivity contribution in [1.82, 2.24) is 15.6 Å². The summed E-state index contributed by atoms with van der Waals surface area (Å²) in [5.74, 6) is 2.06. The third-order valence-electron chi connectivity index (χ3n) is 9.86. The fourth-order valence-electron chi connectivity index (χ4n) is 7.43. The van der Waals surface area contributed by atoms with Crippen molar-refractivity contribution in [3.05, 3.63) is 105 Å². The first-order chi connectivity index (χ1) is 25.7. The summed E-state index contributed by atoms with van der Waals surface area (Å²) in [4.78, 5) is 43.8. The van der Waals surface area contributed by atoms with Crippen LogP contribution in [0.4, 0.5) is 0 Å². The molecule has 1 unspecified atom stereocenters. The molecule has 1 aliphatic rings. The molecule has 2 amide bonds. The van der Waals surface area contributed by atoms with E-state index in [9.17, 15) is 14.4 Å². The van der Waals surface area contributed by atoms with E-state index in [4.69, 9.17) is 23.4 Å². The first kappa shape index (κ1) is 35.2. The van der Waals surface area contributed by atoms with E-state index in [1.807, 2.05) is 66.9 Å². The number of methoxy groups -OCH3 is 4. The molecule has 4 aromatic carbocycles. The van der Waals surface area contributed by atoms with Crippen LogP contribution in [-0.2, 0) is 28.9 Å². The van der Waals surface area contributed by atoms with Gasteiger partial charge in [0.25, 0.3) is 0 Å². The van der Waals surface area contributed by atoms with Gasteiger partial charge in [-0.05, 0) is 77.9 Å². The summed E-state index contributed by atoms with van der Waals surface area (Å²) in [6.07, 6.45) is 3.54. The average molecular weight is 716 g/mol. The number of hydrogen-bond donors (Lipinski definition) is 3. The molecule has 0 saturated heterocycles. The predicted octanol–water partition coefficient (Wildman–Crippen LogP) is 6.67. The summed E-state index contributed by atoms with van der Waals surface area (Å²) in [7, 11) is 6.29. The largest absolute Gasteiger partial charge is 0.497 e. The zero-order chi connectivity index (χ0) is 37.2. The Kier molecular flexibility index (Phi) is 9.82. The second-order valence-electron chi connectivity index (χ2n) is 13.0. The molecule has 2 heterocycles. The van der Waals surface area contributed by atoms with Gasteiger partial charge in [-0.3, -0.25) is 14.4 Å². The van der Waals surface area contributed by atoms with Gasteiger partial charge in [-0.1, -0.05) is 30.3 Å². The Labute approximate surface area is 306 Å². The van der Waals surface area contributed by atoms with E-state index in [0.29, 0.717) is 76.5 Å². The Morgan fingerprint density at radius 3 is 2.42 bits per heavy atom. The number of furan rings is 1. The highest BCUT2D eigenvalue weighted by Gasteiger charge is 2.31. The first-order valence-electron chi connectivity index (χ1n) is 17.4. The number of aromatic nitrogens is 1. The summed E-state index contributed by atoms with van der Waals surface area (Å²) < 4.78 is 29.3. The molecule has 6 aromatic rings. The number of hydrogen-bond acceptors (Lipinski definition) is 8. The number of rotatable bonds is 11. The molecule has 0 aliphatic heterocycles. The zero-order valence-corrected chi connectivity index (χ0v) is 30.3. The number of ether oxygens (including phenoxy) is 4. The molecule has 1 atom stereocenters. The van der Waals surface area contributed by atoms with Crippen molar-refractivity contribution >= 4 is 33.7 Å². The van der Waals surface area contributed by atoms with Crippen molar-refractivity contribution in [2.75, 3.05) is 35.0 Å². The van der Waals surface area contributed by atoms with Crippen LogP contribution in [-0.4, -0.2) is 51.8 Å². The molecule has 53 heavy (non-hydrogen) atoms. The minimum absolute atomic E-state index is 0.0534. The Morgan fingerprint density at radius 1 is 0.906 bits per heavy atom. The van der Waals surface area contributed by atoms with Crippen LogP contribution < -0.4 is 35.0 Å². The number of H-pyrrole nitrogens is 1. The molecular formula is C42H41N3O8. The Morgan fingerprint density at radius 2 is 1.70 bits per heavy atom. The molecule has 0 fully saturated rings. The molecule has 3 N–H and O–H groups in total. The molecule has 0 radical (unpaired) electrons. The topological polar surface area (TPSA) is 141 Å². The van der Waals surface area contributed by atoms with Crippen LogP contribution in [0.5, 0.6) is 23.0 Å². The third kappa shape index (κ3) is 6.66. The normalized spacial score (nSPS) is 13.5. The fraction of sp³-hybridized carbons (Fsp3) is 0.262. The van der Waals surface area contributed by atoms with E-state index in [1.165, 1.54) is 20.1 Å². The summed E-state index contributed by atoms with van der Waals surface area (Å²) >= 11 is 0. The molecule has 272 valence electrons. The lowest BCUT2D eigenvalue weighted by Crippen LogP contribution is -2.27. The molecule has 0 bridgehead atoms. The molecule has 0 saturated carbocycles. The number of aromatic amines is 1. The quantitative estimate of drug-likeness (QED) is 0.135. The van der Waals surface area contributed by atoms with Gasteiger partial charge in [0.05, 0.1) is 40.9 Å². The molecule has 0 spiro atoms. The van der Waals surface area contributed by atoms with Gasteiger partial charge in [-0.2, -0.15) is 0 Å². The molecule has 11 heteroatoms. The van der Waals surface area contributed by atoms with Gasteiger partial charge < -0.3 is 39.0 Å². The number of carbonyl (C=O) groups excluding carboxylic acids is 2. The molecular weight excluding hydrogens is 674 g/mol. The number of amides is 2. The van der Waals surface area contributed by atoms with Crippen LogP contribution in [0.1, 0.15) is 41.6 Å². The minimum Gasteiger partial charge on any atom is -0.497 e. The van der Waals surface area contributed by atoms with Gasteiger partial charge in [0.15, 0.2) is 17.1 Å². The van der Waals surface area contributed by atoms with Crippen molar-refractivity contribution in [3.8, 4) is 45.4 Å². The number of aryl methyl sites for hydroxylation is 1. The van der Waals surface area contributed by atoms with Crippen LogP contribution in [0.2, 0.25) is 0 Å². The van der Waals surface area contributed by atoms with Crippen LogP contribution in [0.3, 0.4) is 0 Å². The van der Waals surface area contributed by atoms with Gasteiger partial charge in [-0.15, -0.1) is 0 Å². The second-order valence-corrected chi connectivity index (χ2v) is 13.0. The number of benzene rings is 3. The lowest BCUT2D eigenvalue weighted by atomic mass is 9.94. The second kappa shape index (κ2) is 14.8. The third-order valence-corrected chi connectivity index (χ3v) is 9.86. The zero-order valence-electron chi connectivity index (χ0n) is 30.3. The van der Waals surface area contributed by atoms with Gasteiger partial charge in [0.1, 0.15) is 11.5 Å². The van der Waals surface area contributed by atoms with Gasteiger partial charge in [-0.25, -0.2) is 0 Å². The van der Waals surface area contributed by atoms with Crippen molar-refractivity contribution in [2.45, 2.75) is 38.6 Å². The molecule has 7 rings (SSSR count). The van der Waals surface area contributed by atoms with Crippen molar-refractivity contribution in [1.29, 1.82) is 0 Å². The fourth-order valence-corrected chi connectivity index (χ4v) is 7.43. The van der Waals surface area contributed by atoms with E-state index in [-0.39, 0.29) is 29.2 Å². The molecule has 1 aliphatic carbocycles. The Balaban J connectivity index is 1.36. The van der Waals surface area contributed by atoms with Gasteiger partial charge in [0, 0.05) is 52.6 Å². The van der Waals surface area contributed by atoms with E-state index in [0.717, 1.165) is 33.3 Å². The lowest BCUT2D eigenvalue weighted by Gasteiger charge is -2.20. The highest BCUT2D eigenvalue weighted by Crippen LogP contribution is 2.51. The maximum Gasteiger partial charge on any atom is 0.224 e. The highest BCUT2D eigenvalue weighted by molar-refractivity contribution is 5.96. The first-order valence-corrected chi connectivity index (χ1v) is 17.4. The van der Waals surface area contributed by atoms with E-state index in [2.05, 4.69) is 15.6 Å². The standard InChI is InChI=1S/C42H41N3O8/c1-23(46)45-34-13-11-25-17-36(50-3)41(51-4)42(52-5)38(25)30-19-31-32(39(24-9-7-6-8-10-24)53-40(31)35(47)20-29(30)34)21-37(48)43-16-15-26-22-44-33-14-12-27(49-2)18-28(26)33/h6-10,12,14,17-20,22,34,44H,11,13,15-16,21H2,1-5H3,(H,43,48)(H,45,46). The monoisotopic (exact) mass is 715 g/mol. The van der Waals surface area contributed by atoms with Crippen LogP contribution in [0.25, 0.3) is 44.3 Å². The Bertz CT molecular complexity index is 2410. The Hall–Kier alpha value is -6.23. The maximum atomic E-state index is 14.2. The average Bonchev–Trinajstić information content (AvgIpc) is 3.65. The number of nitrogens with one attached hydrogen (secondary N) is 3. The number of carbonyl (C=O) groups is 2. The summed E-state index contributed by atoms with van der Waals surface area (Å²) in [5, 5.41) is 7.64. The minimum atomic E-state index is -0.495. The molecule has 11 nitrogen and oxygen atoms in total. The van der Waals surface area contributed by atoms with E-state index >= 15 is 0 Å². The number of fused-ring (bicyclic) bond motifs is 5. The van der Waals surface area contributed by atoms with E-state index in [1.54, 1.807) is 21.3 Å².